The van der Waals surface area contributed by atoms with Crippen LogP contribution in [0.1, 0.15) is 29.6 Å². The molecule has 4 heterocycles. The first-order valence-electron chi connectivity index (χ1n) is 9.91. The lowest BCUT2D eigenvalue weighted by atomic mass is 10.1. The number of aliphatic hydroxyl groups is 1. The number of nitrogens with zero attached hydrogens (tertiary/aromatic N) is 6. The molecule has 1 N–H and O–H groups in total. The van der Waals surface area contributed by atoms with Crippen LogP contribution in [0.3, 0.4) is 0 Å². The molecule has 0 aliphatic carbocycles. The number of amides is 1. The SMILES string of the molecule is O=C(c1ccc(N2CCC(O)CC2)nc1)N1CCCN(c2ncccn2)CC1. The van der Waals surface area contributed by atoms with Crippen molar-refractivity contribution >= 4 is 17.7 Å². The van der Waals surface area contributed by atoms with Gasteiger partial charge in [0.05, 0.1) is 11.7 Å². The van der Waals surface area contributed by atoms with Crippen LogP contribution in [0.4, 0.5) is 11.8 Å². The molecule has 28 heavy (non-hydrogen) atoms. The van der Waals surface area contributed by atoms with E-state index in [1.807, 2.05) is 17.0 Å². The number of rotatable bonds is 3. The second-order valence-corrected chi connectivity index (χ2v) is 7.30. The summed E-state index contributed by atoms with van der Waals surface area (Å²) in [6.07, 6.45) is 7.35. The third-order valence-corrected chi connectivity index (χ3v) is 5.40. The normalized spacial score (nSPS) is 18.8. The molecule has 0 saturated carbocycles. The van der Waals surface area contributed by atoms with Gasteiger partial charge in [-0.15, -0.1) is 0 Å². The van der Waals surface area contributed by atoms with Crippen LogP contribution in [-0.4, -0.2) is 76.2 Å². The Morgan fingerprint density at radius 1 is 0.929 bits per heavy atom. The second kappa shape index (κ2) is 8.52. The van der Waals surface area contributed by atoms with Crippen molar-refractivity contribution in [2.45, 2.75) is 25.4 Å². The van der Waals surface area contributed by atoms with Crippen molar-refractivity contribution in [2.75, 3.05) is 49.1 Å². The third kappa shape index (κ3) is 4.22. The van der Waals surface area contributed by atoms with Crippen LogP contribution in [-0.2, 0) is 0 Å². The Morgan fingerprint density at radius 2 is 1.71 bits per heavy atom. The smallest absolute Gasteiger partial charge is 0.255 e. The quantitative estimate of drug-likeness (QED) is 0.853. The standard InChI is InChI=1S/C20H26N6O2/c27-17-5-11-24(12-6-17)18-4-3-16(15-23-18)19(28)25-9-2-10-26(14-13-25)20-21-7-1-8-22-20/h1,3-4,7-8,15,17,27H,2,5-6,9-14H2. The van der Waals surface area contributed by atoms with E-state index in [-0.39, 0.29) is 12.0 Å². The Bertz CT molecular complexity index is 777. The highest BCUT2D eigenvalue weighted by atomic mass is 16.3. The van der Waals surface area contributed by atoms with Gasteiger partial charge in [0, 0.05) is 57.9 Å². The molecular weight excluding hydrogens is 356 g/mol. The number of pyridine rings is 1. The van der Waals surface area contributed by atoms with Gasteiger partial charge in [0.15, 0.2) is 0 Å². The Kier molecular flexibility index (Phi) is 5.66. The van der Waals surface area contributed by atoms with Crippen molar-refractivity contribution in [3.8, 4) is 0 Å². The zero-order chi connectivity index (χ0) is 19.3. The van der Waals surface area contributed by atoms with Gasteiger partial charge in [-0.25, -0.2) is 15.0 Å². The molecule has 148 valence electrons. The van der Waals surface area contributed by atoms with E-state index >= 15 is 0 Å². The summed E-state index contributed by atoms with van der Waals surface area (Å²) >= 11 is 0. The monoisotopic (exact) mass is 382 g/mol. The number of piperidine rings is 1. The maximum Gasteiger partial charge on any atom is 0.255 e. The van der Waals surface area contributed by atoms with Gasteiger partial charge in [0.2, 0.25) is 5.95 Å². The van der Waals surface area contributed by atoms with Crippen LogP contribution in [0, 0.1) is 0 Å². The maximum absolute atomic E-state index is 12.9. The number of aliphatic hydroxyl groups excluding tert-OH is 1. The van der Waals surface area contributed by atoms with Crippen molar-refractivity contribution in [1.82, 2.24) is 19.9 Å². The molecule has 8 nitrogen and oxygen atoms in total. The average Bonchev–Trinajstić information content (AvgIpc) is 3.01. The van der Waals surface area contributed by atoms with Crippen molar-refractivity contribution in [2.24, 2.45) is 0 Å². The zero-order valence-electron chi connectivity index (χ0n) is 15.9. The molecule has 1 amide bonds. The first kappa shape index (κ1) is 18.6. The molecule has 0 radical (unpaired) electrons. The highest BCUT2D eigenvalue weighted by molar-refractivity contribution is 5.94. The Labute approximate surface area is 164 Å². The molecule has 4 rings (SSSR count). The van der Waals surface area contributed by atoms with Gasteiger partial charge < -0.3 is 19.8 Å². The summed E-state index contributed by atoms with van der Waals surface area (Å²) in [7, 11) is 0. The van der Waals surface area contributed by atoms with Gasteiger partial charge in [-0.1, -0.05) is 0 Å². The maximum atomic E-state index is 12.9. The van der Waals surface area contributed by atoms with E-state index in [1.165, 1.54) is 0 Å². The van der Waals surface area contributed by atoms with Crippen LogP contribution in [0.15, 0.2) is 36.8 Å². The number of hydrogen-bond acceptors (Lipinski definition) is 7. The molecule has 0 aromatic carbocycles. The van der Waals surface area contributed by atoms with Gasteiger partial charge in [0.25, 0.3) is 5.91 Å². The van der Waals surface area contributed by atoms with E-state index in [0.29, 0.717) is 18.7 Å². The summed E-state index contributed by atoms with van der Waals surface area (Å²) in [5.41, 5.74) is 0.616. The van der Waals surface area contributed by atoms with Gasteiger partial charge in [0.1, 0.15) is 5.82 Å². The van der Waals surface area contributed by atoms with Crippen LogP contribution >= 0.6 is 0 Å². The molecule has 0 atom stereocenters. The number of anilines is 2. The minimum atomic E-state index is -0.207. The number of carbonyl (C=O) groups is 1. The molecule has 2 aliphatic rings. The fraction of sp³-hybridized carbons (Fsp3) is 0.500. The summed E-state index contributed by atoms with van der Waals surface area (Å²) in [4.78, 5) is 32.2. The van der Waals surface area contributed by atoms with Crippen LogP contribution in [0.25, 0.3) is 0 Å². The van der Waals surface area contributed by atoms with Crippen molar-refractivity contribution < 1.29 is 9.90 Å². The first-order chi connectivity index (χ1) is 13.7. The summed E-state index contributed by atoms with van der Waals surface area (Å²) in [6.45, 7) is 4.51. The van der Waals surface area contributed by atoms with Crippen LogP contribution in [0.2, 0.25) is 0 Å². The van der Waals surface area contributed by atoms with Gasteiger partial charge in [-0.2, -0.15) is 0 Å². The summed E-state index contributed by atoms with van der Waals surface area (Å²) in [6, 6.07) is 5.57. The van der Waals surface area contributed by atoms with Crippen LogP contribution in [0.5, 0.6) is 0 Å². The Morgan fingerprint density at radius 3 is 2.43 bits per heavy atom. The summed E-state index contributed by atoms with van der Waals surface area (Å²) in [5, 5.41) is 9.64. The number of hydrogen-bond donors (Lipinski definition) is 1. The molecule has 0 unspecified atom stereocenters. The Hall–Kier alpha value is -2.74. The fourth-order valence-electron chi connectivity index (χ4n) is 3.75. The fourth-order valence-corrected chi connectivity index (χ4v) is 3.75. The molecule has 2 aromatic heterocycles. The van der Waals surface area contributed by atoms with E-state index in [1.54, 1.807) is 24.7 Å². The topological polar surface area (TPSA) is 85.7 Å². The summed E-state index contributed by atoms with van der Waals surface area (Å²) < 4.78 is 0. The van der Waals surface area contributed by atoms with E-state index < -0.39 is 0 Å². The highest BCUT2D eigenvalue weighted by Gasteiger charge is 2.22. The van der Waals surface area contributed by atoms with Crippen molar-refractivity contribution in [1.29, 1.82) is 0 Å². The minimum absolute atomic E-state index is 0.0175. The van der Waals surface area contributed by atoms with E-state index in [0.717, 1.165) is 57.2 Å². The van der Waals surface area contributed by atoms with Gasteiger partial charge >= 0.3 is 0 Å². The van der Waals surface area contributed by atoms with Gasteiger partial charge in [-0.3, -0.25) is 4.79 Å². The first-order valence-corrected chi connectivity index (χ1v) is 9.91. The average molecular weight is 382 g/mol. The number of aromatic nitrogens is 3. The molecule has 2 fully saturated rings. The molecule has 2 saturated heterocycles. The van der Waals surface area contributed by atoms with E-state index in [2.05, 4.69) is 24.8 Å². The summed E-state index contributed by atoms with van der Waals surface area (Å²) in [5.74, 6) is 1.60. The minimum Gasteiger partial charge on any atom is -0.393 e. The van der Waals surface area contributed by atoms with Crippen molar-refractivity contribution in [3.05, 3.63) is 42.4 Å². The zero-order valence-corrected chi connectivity index (χ0v) is 15.9. The lowest BCUT2D eigenvalue weighted by molar-refractivity contribution is 0.0766. The van der Waals surface area contributed by atoms with Crippen molar-refractivity contribution in [3.63, 3.8) is 0 Å². The predicted molar refractivity (Wildman–Crippen MR) is 106 cm³/mol. The van der Waals surface area contributed by atoms with E-state index in [9.17, 15) is 9.90 Å². The molecular formula is C20H26N6O2. The lowest BCUT2D eigenvalue weighted by Crippen LogP contribution is -2.37. The Balaban J connectivity index is 1.37. The lowest BCUT2D eigenvalue weighted by Gasteiger charge is -2.30. The molecule has 0 bridgehead atoms. The molecule has 2 aromatic rings. The number of carbonyl (C=O) groups excluding carboxylic acids is 1. The molecule has 8 heteroatoms. The molecule has 0 spiro atoms. The third-order valence-electron chi connectivity index (χ3n) is 5.40. The largest absolute Gasteiger partial charge is 0.393 e. The van der Waals surface area contributed by atoms with Gasteiger partial charge in [-0.05, 0) is 37.5 Å². The molecule has 2 aliphatic heterocycles. The highest BCUT2D eigenvalue weighted by Crippen LogP contribution is 2.19. The van der Waals surface area contributed by atoms with Crippen LogP contribution < -0.4 is 9.80 Å². The second-order valence-electron chi connectivity index (χ2n) is 7.30. The predicted octanol–water partition coefficient (Wildman–Crippen LogP) is 1.19. The van der Waals surface area contributed by atoms with E-state index in [4.69, 9.17) is 0 Å².